The molecular weight excluding hydrogens is 435 g/mol. The van der Waals surface area contributed by atoms with E-state index in [-0.39, 0.29) is 10.6 Å². The maximum Gasteiger partial charge on any atom is 0.255 e. The van der Waals surface area contributed by atoms with Crippen molar-refractivity contribution in [2.45, 2.75) is 0 Å². The molecule has 1 amide bonds. The number of hydrazine groups is 2. The van der Waals surface area contributed by atoms with Gasteiger partial charge in [0.2, 0.25) is 10.0 Å². The van der Waals surface area contributed by atoms with Crippen LogP contribution in [0.2, 0.25) is 0 Å². The molecule has 2 aromatic rings. The molecule has 0 spiro atoms. The Morgan fingerprint density at radius 1 is 0.966 bits per heavy atom. The number of nitrogens with one attached hydrogen (secondary N) is 2. The summed E-state index contributed by atoms with van der Waals surface area (Å²) in [5.74, 6) is -2.26. The van der Waals surface area contributed by atoms with Crippen LogP contribution < -0.4 is 10.3 Å². The first-order chi connectivity index (χ1) is 13.6. The zero-order chi connectivity index (χ0) is 21.6. The van der Waals surface area contributed by atoms with Crippen molar-refractivity contribution in [1.82, 2.24) is 20.3 Å². The van der Waals surface area contributed by atoms with E-state index in [0.717, 1.165) is 5.01 Å². The maximum atomic E-state index is 13.8. The molecule has 0 aromatic heterocycles. The molecule has 0 bridgehead atoms. The fourth-order valence-electron chi connectivity index (χ4n) is 2.31. The molecule has 154 valence electrons. The molecule has 0 aliphatic rings. The summed E-state index contributed by atoms with van der Waals surface area (Å²) < 4.78 is 38.4. The van der Waals surface area contributed by atoms with Crippen LogP contribution in [-0.2, 0) is 14.8 Å². The number of thiocarbonyl (C=S) groups is 2. The molecule has 0 fully saturated rings. The second-order valence-electron chi connectivity index (χ2n) is 5.96. The van der Waals surface area contributed by atoms with Gasteiger partial charge >= 0.3 is 0 Å². The number of amides is 1. The molecule has 0 saturated heterocycles. The lowest BCUT2D eigenvalue weighted by Crippen LogP contribution is -2.49. The summed E-state index contributed by atoms with van der Waals surface area (Å²) in [4.78, 5) is 14.5. The third-order valence-electron chi connectivity index (χ3n) is 3.62. The monoisotopic (exact) mass is 454 g/mol. The van der Waals surface area contributed by atoms with Gasteiger partial charge in [-0.15, -0.1) is 4.83 Å². The second-order valence-corrected chi connectivity index (χ2v) is 8.43. The third-order valence-corrected chi connectivity index (χ3v) is 5.82. The molecule has 0 atom stereocenters. The van der Waals surface area contributed by atoms with Gasteiger partial charge < -0.3 is 0 Å². The van der Waals surface area contributed by atoms with Gasteiger partial charge in [0, 0.05) is 25.2 Å². The Balaban J connectivity index is 1.96. The summed E-state index contributed by atoms with van der Waals surface area (Å²) in [6.07, 6.45) is 0. The van der Waals surface area contributed by atoms with Crippen LogP contribution in [0.4, 0.5) is 4.39 Å². The highest BCUT2D eigenvalue weighted by molar-refractivity contribution is 7.90. The van der Waals surface area contributed by atoms with Gasteiger partial charge in [-0.3, -0.25) is 20.2 Å². The van der Waals surface area contributed by atoms with Crippen LogP contribution in [0.1, 0.15) is 11.1 Å². The lowest BCUT2D eigenvalue weighted by atomic mass is 10.2. The molecule has 0 heterocycles. The summed E-state index contributed by atoms with van der Waals surface area (Å²) in [5, 5.41) is 2.23. The Kier molecular flexibility index (Phi) is 7.73. The minimum Gasteiger partial charge on any atom is -0.287 e. The van der Waals surface area contributed by atoms with E-state index in [1.807, 2.05) is 6.07 Å². The molecule has 2 rings (SSSR count). The van der Waals surface area contributed by atoms with Crippen LogP contribution in [-0.4, -0.2) is 54.2 Å². The molecule has 11 heteroatoms. The van der Waals surface area contributed by atoms with Crippen molar-refractivity contribution in [3.05, 3.63) is 71.5 Å². The van der Waals surface area contributed by atoms with Crippen molar-refractivity contribution >= 4 is 50.3 Å². The number of hydrogen-bond donors (Lipinski definition) is 2. The average molecular weight is 455 g/mol. The second kappa shape index (κ2) is 9.83. The molecule has 0 saturated carbocycles. The lowest BCUT2D eigenvalue weighted by molar-refractivity contribution is -0.121. The van der Waals surface area contributed by atoms with E-state index >= 15 is 0 Å². The minimum atomic E-state index is -4.10. The number of benzene rings is 2. The highest BCUT2D eigenvalue weighted by atomic mass is 32.2. The normalized spacial score (nSPS) is 10.9. The predicted molar refractivity (Wildman–Crippen MR) is 117 cm³/mol. The van der Waals surface area contributed by atoms with Crippen molar-refractivity contribution < 1.29 is 17.6 Å². The Labute approximate surface area is 179 Å². The summed E-state index contributed by atoms with van der Waals surface area (Å²) in [7, 11) is -1.27. The van der Waals surface area contributed by atoms with Crippen LogP contribution in [0.5, 0.6) is 0 Å². The number of hydrogen-bond acceptors (Lipinski definition) is 5. The van der Waals surface area contributed by atoms with Crippen molar-refractivity contribution in [2.24, 2.45) is 0 Å². The first-order valence-electron chi connectivity index (χ1n) is 8.26. The number of carbonyl (C=O) groups excluding carboxylic acids is 1. The first-order valence-corrected chi connectivity index (χ1v) is 10.7. The van der Waals surface area contributed by atoms with Crippen LogP contribution in [0, 0.1) is 5.82 Å². The van der Waals surface area contributed by atoms with Gasteiger partial charge in [0.15, 0.2) is 0 Å². The largest absolute Gasteiger partial charge is 0.287 e. The van der Waals surface area contributed by atoms with Gasteiger partial charge in [-0.25, -0.2) is 12.8 Å². The Bertz CT molecular complexity index is 1020. The van der Waals surface area contributed by atoms with Gasteiger partial charge in [-0.1, -0.05) is 66.9 Å². The van der Waals surface area contributed by atoms with Gasteiger partial charge in [-0.05, 0) is 12.1 Å². The summed E-state index contributed by atoms with van der Waals surface area (Å²) >= 11 is 10.4. The van der Waals surface area contributed by atoms with Crippen LogP contribution in [0.25, 0.3) is 0 Å². The number of halogens is 1. The van der Waals surface area contributed by atoms with Gasteiger partial charge in [-0.2, -0.15) is 0 Å². The van der Waals surface area contributed by atoms with Crippen LogP contribution in [0.3, 0.4) is 0 Å². The van der Waals surface area contributed by atoms with Crippen molar-refractivity contribution in [3.8, 4) is 0 Å². The fourth-order valence-corrected chi connectivity index (χ4v) is 3.75. The molecule has 2 N–H and O–H groups in total. The molecule has 0 radical (unpaired) electrons. The first kappa shape index (κ1) is 22.8. The van der Waals surface area contributed by atoms with E-state index < -0.39 is 27.5 Å². The average Bonchev–Trinajstić information content (AvgIpc) is 2.66. The van der Waals surface area contributed by atoms with Crippen LogP contribution >= 0.6 is 24.4 Å². The SMILES string of the molecule is CN(NC(=O)CS(=O)(=O)NN(C)C(=S)c1ccccc1F)C(=S)c1ccccc1. The fraction of sp³-hybridized carbons (Fsp3) is 0.167. The van der Waals surface area contributed by atoms with E-state index in [1.54, 1.807) is 30.3 Å². The topological polar surface area (TPSA) is 81.8 Å². The Morgan fingerprint density at radius 2 is 1.55 bits per heavy atom. The number of rotatable bonds is 6. The number of sulfonamides is 1. The van der Waals surface area contributed by atoms with E-state index in [0.29, 0.717) is 10.6 Å². The maximum absolute atomic E-state index is 13.8. The Morgan fingerprint density at radius 3 is 2.17 bits per heavy atom. The molecule has 0 unspecified atom stereocenters. The van der Waals surface area contributed by atoms with Gasteiger partial charge in [0.05, 0.1) is 0 Å². The van der Waals surface area contributed by atoms with Gasteiger partial charge in [0.25, 0.3) is 5.91 Å². The van der Waals surface area contributed by atoms with Crippen molar-refractivity contribution in [1.29, 1.82) is 0 Å². The summed E-state index contributed by atoms with van der Waals surface area (Å²) in [5.41, 5.74) is 3.16. The van der Waals surface area contributed by atoms with Crippen LogP contribution in [0.15, 0.2) is 54.6 Å². The molecular formula is C18H19FN4O3S3. The Hall–Kier alpha value is -2.47. The number of nitrogens with zero attached hydrogens (tertiary/aromatic N) is 2. The predicted octanol–water partition coefficient (Wildman–Crippen LogP) is 1.61. The van der Waals surface area contributed by atoms with E-state index in [2.05, 4.69) is 10.3 Å². The zero-order valence-corrected chi connectivity index (χ0v) is 18.1. The molecule has 0 aliphatic heterocycles. The lowest BCUT2D eigenvalue weighted by Gasteiger charge is -2.23. The van der Waals surface area contributed by atoms with Crippen molar-refractivity contribution in [2.75, 3.05) is 19.8 Å². The summed E-state index contributed by atoms with van der Waals surface area (Å²) in [6, 6.07) is 14.6. The molecule has 2 aromatic carbocycles. The highest BCUT2D eigenvalue weighted by Gasteiger charge is 2.22. The zero-order valence-electron chi connectivity index (χ0n) is 15.6. The highest BCUT2D eigenvalue weighted by Crippen LogP contribution is 2.10. The molecule has 7 nitrogen and oxygen atoms in total. The summed E-state index contributed by atoms with van der Waals surface area (Å²) in [6.45, 7) is 0. The smallest absolute Gasteiger partial charge is 0.255 e. The van der Waals surface area contributed by atoms with E-state index in [4.69, 9.17) is 24.4 Å². The number of carbonyl (C=O) groups is 1. The van der Waals surface area contributed by atoms with E-state index in [1.165, 1.54) is 37.3 Å². The standard InChI is InChI=1S/C18H19FN4O3S3/c1-22(17(27)13-8-4-3-5-9-13)20-16(24)12-29(25,26)21-23(2)18(28)14-10-6-7-11-15(14)19/h3-11,21H,12H2,1-2H3,(H,20,24). The van der Waals surface area contributed by atoms with Gasteiger partial charge in [0.1, 0.15) is 21.5 Å². The molecule has 0 aliphatic carbocycles. The van der Waals surface area contributed by atoms with E-state index in [9.17, 15) is 17.6 Å². The molecule has 29 heavy (non-hydrogen) atoms. The minimum absolute atomic E-state index is 0.0603. The van der Waals surface area contributed by atoms with Crippen molar-refractivity contribution in [3.63, 3.8) is 0 Å². The third kappa shape index (κ3) is 6.53. The quantitative estimate of drug-likeness (QED) is 0.507.